The number of rotatable bonds is 7. The molecule has 5 amide bonds. The number of halogens is 1. The van der Waals surface area contributed by atoms with Crippen LogP contribution >= 0.6 is 15.9 Å². The van der Waals surface area contributed by atoms with Gasteiger partial charge < -0.3 is 10.1 Å². The summed E-state index contributed by atoms with van der Waals surface area (Å²) in [6, 6.07) is 15.9. The number of benzene rings is 3. The summed E-state index contributed by atoms with van der Waals surface area (Å²) in [6.07, 6.45) is 1.27. The molecular formula is C26H19BrN4O7. The van der Waals surface area contributed by atoms with Crippen LogP contribution in [0.2, 0.25) is 0 Å². The van der Waals surface area contributed by atoms with Gasteiger partial charge in [-0.25, -0.2) is 9.69 Å². The van der Waals surface area contributed by atoms with Gasteiger partial charge in [0, 0.05) is 17.8 Å². The second-order valence-corrected chi connectivity index (χ2v) is 8.98. The number of hydrogen-bond donors (Lipinski definition) is 2. The molecule has 0 saturated carbocycles. The number of imide groups is 2. The van der Waals surface area contributed by atoms with Gasteiger partial charge in [0.05, 0.1) is 15.1 Å². The summed E-state index contributed by atoms with van der Waals surface area (Å²) in [5.41, 5.74) is 1.38. The highest BCUT2D eigenvalue weighted by Gasteiger charge is 2.37. The van der Waals surface area contributed by atoms with Crippen LogP contribution in [0.15, 0.2) is 76.8 Å². The molecule has 0 radical (unpaired) electrons. The zero-order valence-electron chi connectivity index (χ0n) is 19.8. The first kappa shape index (κ1) is 26.2. The number of amides is 5. The Balaban J connectivity index is 1.49. The molecule has 0 unspecified atom stereocenters. The summed E-state index contributed by atoms with van der Waals surface area (Å²) >= 11 is 3.35. The molecule has 3 aromatic rings. The van der Waals surface area contributed by atoms with Crippen LogP contribution in [-0.2, 0) is 14.4 Å². The Kier molecular flexibility index (Phi) is 7.63. The van der Waals surface area contributed by atoms with Crippen molar-refractivity contribution in [2.45, 2.75) is 6.92 Å². The number of non-ortho nitro benzene ring substituents is 1. The van der Waals surface area contributed by atoms with Crippen LogP contribution in [0.3, 0.4) is 0 Å². The summed E-state index contributed by atoms with van der Waals surface area (Å²) in [5.74, 6) is -1.87. The van der Waals surface area contributed by atoms with Crippen molar-refractivity contribution < 1.29 is 28.8 Å². The van der Waals surface area contributed by atoms with Crippen LogP contribution in [0.5, 0.6) is 5.75 Å². The van der Waals surface area contributed by atoms with Gasteiger partial charge in [0.1, 0.15) is 11.3 Å². The minimum absolute atomic E-state index is 0.0612. The summed E-state index contributed by atoms with van der Waals surface area (Å²) in [6.45, 7) is 1.68. The molecule has 1 aliphatic heterocycles. The number of carbonyl (C=O) groups excluding carboxylic acids is 4. The number of nitro groups is 1. The van der Waals surface area contributed by atoms with Crippen molar-refractivity contribution >= 4 is 62.8 Å². The van der Waals surface area contributed by atoms with Gasteiger partial charge in [-0.05, 0) is 64.8 Å². The number of ether oxygens (including phenoxy) is 1. The van der Waals surface area contributed by atoms with Gasteiger partial charge >= 0.3 is 6.03 Å². The van der Waals surface area contributed by atoms with E-state index >= 15 is 0 Å². The molecule has 2 N–H and O–H groups in total. The summed E-state index contributed by atoms with van der Waals surface area (Å²) in [7, 11) is 0. The van der Waals surface area contributed by atoms with E-state index in [1.807, 2.05) is 19.1 Å². The van der Waals surface area contributed by atoms with E-state index in [9.17, 15) is 29.3 Å². The Bertz CT molecular complexity index is 1500. The average Bonchev–Trinajstić information content (AvgIpc) is 2.87. The first-order valence-electron chi connectivity index (χ1n) is 11.1. The monoisotopic (exact) mass is 578 g/mol. The van der Waals surface area contributed by atoms with Crippen molar-refractivity contribution in [3.63, 3.8) is 0 Å². The molecule has 0 spiro atoms. The second-order valence-electron chi connectivity index (χ2n) is 8.13. The number of aryl methyl sites for hydroxylation is 1. The van der Waals surface area contributed by atoms with Gasteiger partial charge in [0.15, 0.2) is 6.61 Å². The Morgan fingerprint density at radius 2 is 1.84 bits per heavy atom. The van der Waals surface area contributed by atoms with Crippen LogP contribution in [-0.4, -0.2) is 35.3 Å². The summed E-state index contributed by atoms with van der Waals surface area (Å²) < 4.78 is 6.02. The molecule has 192 valence electrons. The Labute approximate surface area is 224 Å². The van der Waals surface area contributed by atoms with Crippen molar-refractivity contribution in [1.82, 2.24) is 5.32 Å². The minimum Gasteiger partial charge on any atom is -0.483 e. The molecule has 1 saturated heterocycles. The number of nitrogens with zero attached hydrogens (tertiary/aromatic N) is 2. The van der Waals surface area contributed by atoms with Crippen molar-refractivity contribution in [1.29, 1.82) is 0 Å². The van der Waals surface area contributed by atoms with Crippen LogP contribution in [0, 0.1) is 17.0 Å². The van der Waals surface area contributed by atoms with Gasteiger partial charge in [0.25, 0.3) is 23.4 Å². The maximum absolute atomic E-state index is 13.1. The number of urea groups is 1. The van der Waals surface area contributed by atoms with Gasteiger partial charge in [-0.2, -0.15) is 0 Å². The van der Waals surface area contributed by atoms with Gasteiger partial charge in [0.2, 0.25) is 0 Å². The lowest BCUT2D eigenvalue weighted by atomic mass is 10.1. The van der Waals surface area contributed by atoms with E-state index in [2.05, 4.69) is 26.6 Å². The fraction of sp³-hybridized carbons (Fsp3) is 0.0769. The predicted molar refractivity (Wildman–Crippen MR) is 142 cm³/mol. The molecule has 1 heterocycles. The molecule has 4 rings (SSSR count). The molecule has 12 heteroatoms. The van der Waals surface area contributed by atoms with Gasteiger partial charge in [-0.15, -0.1) is 0 Å². The highest BCUT2D eigenvalue weighted by atomic mass is 79.9. The molecule has 1 fully saturated rings. The topological polar surface area (TPSA) is 148 Å². The zero-order chi connectivity index (χ0) is 27.4. The summed E-state index contributed by atoms with van der Waals surface area (Å²) in [5, 5.41) is 15.9. The zero-order valence-corrected chi connectivity index (χ0v) is 21.4. The third-order valence-electron chi connectivity index (χ3n) is 5.36. The molecule has 1 aliphatic rings. The quantitative estimate of drug-likeness (QED) is 0.183. The van der Waals surface area contributed by atoms with Crippen LogP contribution in [0.1, 0.15) is 11.1 Å². The van der Waals surface area contributed by atoms with E-state index in [-0.39, 0.29) is 29.5 Å². The Morgan fingerprint density at radius 3 is 2.53 bits per heavy atom. The molecule has 0 atom stereocenters. The number of nitro benzene ring substituents is 1. The van der Waals surface area contributed by atoms with Gasteiger partial charge in [-0.1, -0.05) is 29.8 Å². The molecule has 0 aromatic heterocycles. The maximum atomic E-state index is 13.1. The number of anilines is 2. The fourth-order valence-electron chi connectivity index (χ4n) is 3.51. The first-order chi connectivity index (χ1) is 18.1. The SMILES string of the molecule is Cc1ccc(NC(=O)COc2ccc(/C=C3\C(=O)NC(=O)N(c4cccc([N+](=O)[O-])c4)C3=O)cc2Br)cc1. The highest BCUT2D eigenvalue weighted by molar-refractivity contribution is 9.10. The third kappa shape index (κ3) is 5.93. The Morgan fingerprint density at radius 1 is 1.11 bits per heavy atom. The Hall–Kier alpha value is -4.84. The first-order valence-corrected chi connectivity index (χ1v) is 11.9. The number of carbonyl (C=O) groups is 4. The lowest BCUT2D eigenvalue weighted by Gasteiger charge is -2.26. The molecule has 3 aromatic carbocycles. The predicted octanol–water partition coefficient (Wildman–Crippen LogP) is 4.35. The molecular weight excluding hydrogens is 560 g/mol. The molecule has 0 bridgehead atoms. The van der Waals surface area contributed by atoms with Crippen molar-refractivity contribution in [3.8, 4) is 5.75 Å². The number of hydrogen-bond acceptors (Lipinski definition) is 7. The average molecular weight is 579 g/mol. The van der Waals surface area contributed by atoms with E-state index in [4.69, 9.17) is 4.74 Å². The van der Waals surface area contributed by atoms with Crippen LogP contribution in [0.25, 0.3) is 6.08 Å². The van der Waals surface area contributed by atoms with E-state index in [0.717, 1.165) is 11.6 Å². The van der Waals surface area contributed by atoms with Crippen molar-refractivity contribution in [2.75, 3.05) is 16.8 Å². The van der Waals surface area contributed by atoms with Crippen LogP contribution < -0.4 is 20.3 Å². The third-order valence-corrected chi connectivity index (χ3v) is 5.98. The normalized spacial score (nSPS) is 14.3. The lowest BCUT2D eigenvalue weighted by molar-refractivity contribution is -0.384. The van der Waals surface area contributed by atoms with E-state index in [0.29, 0.717) is 26.4 Å². The number of nitrogens with one attached hydrogen (secondary N) is 2. The fourth-order valence-corrected chi connectivity index (χ4v) is 4.02. The van der Waals surface area contributed by atoms with E-state index < -0.39 is 22.8 Å². The highest BCUT2D eigenvalue weighted by Crippen LogP contribution is 2.29. The lowest BCUT2D eigenvalue weighted by Crippen LogP contribution is -2.54. The van der Waals surface area contributed by atoms with Gasteiger partial charge in [-0.3, -0.25) is 29.8 Å². The molecule has 0 aliphatic carbocycles. The minimum atomic E-state index is -1.02. The smallest absolute Gasteiger partial charge is 0.335 e. The maximum Gasteiger partial charge on any atom is 0.335 e. The van der Waals surface area contributed by atoms with Crippen LogP contribution in [0.4, 0.5) is 21.9 Å². The summed E-state index contributed by atoms with van der Waals surface area (Å²) in [4.78, 5) is 61.1. The molecule has 11 nitrogen and oxygen atoms in total. The number of barbiturate groups is 1. The van der Waals surface area contributed by atoms with E-state index in [1.165, 1.54) is 24.3 Å². The molecule has 38 heavy (non-hydrogen) atoms. The van der Waals surface area contributed by atoms with Crippen molar-refractivity contribution in [3.05, 3.63) is 98.0 Å². The largest absolute Gasteiger partial charge is 0.483 e. The standard InChI is InChI=1S/C26H19BrN4O7/c1-15-5-8-17(9-6-15)28-23(32)14-38-22-10-7-16(12-21(22)27)11-20-24(33)29-26(35)30(25(20)34)18-3-2-4-19(13-18)31(36)37/h2-13H,14H2,1H3,(H,28,32)(H,29,33,35)/b20-11+. The van der Waals surface area contributed by atoms with E-state index in [1.54, 1.807) is 30.3 Å². The van der Waals surface area contributed by atoms with Crippen molar-refractivity contribution in [2.24, 2.45) is 0 Å². The second kappa shape index (κ2) is 11.0.